The Kier molecular flexibility index (Phi) is 6.85. The van der Waals surface area contributed by atoms with Gasteiger partial charge in [0.2, 0.25) is 0 Å². The molecule has 1 atom stereocenters. The molecule has 0 amide bonds. The van der Waals surface area contributed by atoms with Crippen molar-refractivity contribution in [3.63, 3.8) is 0 Å². The van der Waals surface area contributed by atoms with Crippen LogP contribution in [-0.4, -0.2) is 20.0 Å². The number of carbonyl (C=O) groups is 1. The van der Waals surface area contributed by atoms with Gasteiger partial charge < -0.3 is 9.47 Å². The minimum Gasteiger partial charge on any atom is -0.493 e. The number of benzene rings is 1. The lowest BCUT2D eigenvalue weighted by molar-refractivity contribution is -0.115. The van der Waals surface area contributed by atoms with Crippen LogP contribution in [0.4, 0.5) is 0 Å². The van der Waals surface area contributed by atoms with Crippen LogP contribution in [-0.2, 0) is 4.79 Å². The van der Waals surface area contributed by atoms with Gasteiger partial charge in [0, 0.05) is 6.42 Å². The molecule has 1 aromatic rings. The first-order chi connectivity index (χ1) is 9.60. The molecule has 0 N–H and O–H groups in total. The molecule has 0 saturated carbocycles. The van der Waals surface area contributed by atoms with Crippen LogP contribution >= 0.6 is 0 Å². The molecular weight excluding hydrogens is 252 g/mol. The van der Waals surface area contributed by atoms with E-state index in [1.807, 2.05) is 24.3 Å². The zero-order chi connectivity index (χ0) is 15.0. The first-order valence-corrected chi connectivity index (χ1v) is 7.03. The lowest BCUT2D eigenvalue weighted by atomic mass is 9.99. The second-order valence-electron chi connectivity index (χ2n) is 5.01. The summed E-state index contributed by atoms with van der Waals surface area (Å²) in [5.74, 6) is 1.97. The molecule has 0 radical (unpaired) electrons. The first kappa shape index (κ1) is 16.3. The fraction of sp³-hybridized carbons (Fsp3) is 0.471. The van der Waals surface area contributed by atoms with Gasteiger partial charge in [-0.15, -0.1) is 0 Å². The molecule has 0 fully saturated rings. The van der Waals surface area contributed by atoms with E-state index in [1.165, 1.54) is 0 Å². The number of carbonyl (C=O) groups excluding carboxylic acids is 1. The maximum Gasteiger partial charge on any atom is 0.161 e. The Bertz CT molecular complexity index is 463. The van der Waals surface area contributed by atoms with E-state index in [-0.39, 0.29) is 5.78 Å². The van der Waals surface area contributed by atoms with Crippen LogP contribution in [0.2, 0.25) is 0 Å². The van der Waals surface area contributed by atoms with Gasteiger partial charge in [0.05, 0.1) is 14.2 Å². The smallest absolute Gasteiger partial charge is 0.161 e. The number of ether oxygens (including phenoxy) is 2. The minimum absolute atomic E-state index is 0.167. The summed E-state index contributed by atoms with van der Waals surface area (Å²) in [4.78, 5) is 11.8. The highest BCUT2D eigenvalue weighted by molar-refractivity contribution is 5.93. The van der Waals surface area contributed by atoms with Crippen molar-refractivity contribution in [2.24, 2.45) is 5.92 Å². The van der Waals surface area contributed by atoms with Gasteiger partial charge in [-0.1, -0.05) is 38.8 Å². The molecule has 3 nitrogen and oxygen atoms in total. The molecule has 1 aromatic carbocycles. The van der Waals surface area contributed by atoms with Gasteiger partial charge >= 0.3 is 0 Å². The average molecular weight is 276 g/mol. The minimum atomic E-state index is 0.167. The zero-order valence-electron chi connectivity index (χ0n) is 12.8. The fourth-order valence-electron chi connectivity index (χ4n) is 2.15. The molecule has 0 saturated heterocycles. The molecule has 0 bridgehead atoms. The number of hydrogen-bond donors (Lipinski definition) is 0. The van der Waals surface area contributed by atoms with E-state index in [0.29, 0.717) is 23.8 Å². The number of methoxy groups -OCH3 is 2. The van der Waals surface area contributed by atoms with E-state index >= 15 is 0 Å². The van der Waals surface area contributed by atoms with Gasteiger partial charge in [-0.3, -0.25) is 4.79 Å². The maximum atomic E-state index is 11.8. The van der Waals surface area contributed by atoms with E-state index in [0.717, 1.165) is 18.4 Å². The SMILES string of the molecule is CCCC(C)CC(=O)/C=C/c1ccc(OC)c(OC)c1. The van der Waals surface area contributed by atoms with Crippen molar-refractivity contribution in [2.45, 2.75) is 33.1 Å². The lowest BCUT2D eigenvalue weighted by Gasteiger charge is -2.08. The third kappa shape index (κ3) is 5.08. The van der Waals surface area contributed by atoms with E-state index in [9.17, 15) is 4.79 Å². The van der Waals surface area contributed by atoms with Crippen LogP contribution in [0.5, 0.6) is 11.5 Å². The molecule has 20 heavy (non-hydrogen) atoms. The van der Waals surface area contributed by atoms with Crippen molar-refractivity contribution >= 4 is 11.9 Å². The lowest BCUT2D eigenvalue weighted by Crippen LogP contribution is -2.02. The van der Waals surface area contributed by atoms with E-state index < -0.39 is 0 Å². The monoisotopic (exact) mass is 276 g/mol. The summed E-state index contributed by atoms with van der Waals surface area (Å²) in [6, 6.07) is 5.60. The van der Waals surface area contributed by atoms with Crippen molar-refractivity contribution in [2.75, 3.05) is 14.2 Å². The Morgan fingerprint density at radius 1 is 1.25 bits per heavy atom. The summed E-state index contributed by atoms with van der Waals surface area (Å²) in [5.41, 5.74) is 0.930. The summed E-state index contributed by atoms with van der Waals surface area (Å²) in [5, 5.41) is 0. The van der Waals surface area contributed by atoms with E-state index in [1.54, 1.807) is 20.3 Å². The molecule has 1 rings (SSSR count). The van der Waals surface area contributed by atoms with Gasteiger partial charge in [-0.25, -0.2) is 0 Å². The molecule has 3 heteroatoms. The topological polar surface area (TPSA) is 35.5 Å². The van der Waals surface area contributed by atoms with Gasteiger partial charge in [0.25, 0.3) is 0 Å². The normalized spacial score (nSPS) is 12.4. The van der Waals surface area contributed by atoms with E-state index in [2.05, 4.69) is 13.8 Å². The van der Waals surface area contributed by atoms with Crippen LogP contribution in [0.25, 0.3) is 6.08 Å². The molecule has 0 aromatic heterocycles. The highest BCUT2D eigenvalue weighted by Gasteiger charge is 2.06. The first-order valence-electron chi connectivity index (χ1n) is 7.03. The number of rotatable bonds is 8. The Morgan fingerprint density at radius 3 is 2.55 bits per heavy atom. The Morgan fingerprint density at radius 2 is 1.95 bits per heavy atom. The van der Waals surface area contributed by atoms with Crippen LogP contribution in [0, 0.1) is 5.92 Å². The van der Waals surface area contributed by atoms with Crippen molar-refractivity contribution in [1.29, 1.82) is 0 Å². The average Bonchev–Trinajstić information content (AvgIpc) is 2.44. The largest absolute Gasteiger partial charge is 0.493 e. The second-order valence-corrected chi connectivity index (χ2v) is 5.01. The Balaban J connectivity index is 2.68. The molecule has 0 aliphatic rings. The van der Waals surface area contributed by atoms with Gasteiger partial charge in [0.1, 0.15) is 0 Å². The van der Waals surface area contributed by atoms with E-state index in [4.69, 9.17) is 9.47 Å². The summed E-state index contributed by atoms with van der Waals surface area (Å²) in [6.07, 6.45) is 6.29. The van der Waals surface area contributed by atoms with Crippen LogP contribution < -0.4 is 9.47 Å². The fourth-order valence-corrected chi connectivity index (χ4v) is 2.15. The third-order valence-electron chi connectivity index (χ3n) is 3.20. The number of ketones is 1. The molecule has 110 valence electrons. The third-order valence-corrected chi connectivity index (χ3v) is 3.20. The van der Waals surface area contributed by atoms with Crippen molar-refractivity contribution in [1.82, 2.24) is 0 Å². The molecule has 0 aliphatic heterocycles. The van der Waals surface area contributed by atoms with Gasteiger partial charge in [-0.05, 0) is 29.7 Å². The predicted octanol–water partition coefficient (Wildman–Crippen LogP) is 4.11. The van der Waals surface area contributed by atoms with Crippen LogP contribution in [0.3, 0.4) is 0 Å². The van der Waals surface area contributed by atoms with Crippen molar-refractivity contribution < 1.29 is 14.3 Å². The number of hydrogen-bond acceptors (Lipinski definition) is 3. The molecule has 0 aliphatic carbocycles. The molecule has 0 spiro atoms. The quantitative estimate of drug-likeness (QED) is 0.670. The van der Waals surface area contributed by atoms with Crippen LogP contribution in [0.1, 0.15) is 38.7 Å². The maximum absolute atomic E-state index is 11.8. The summed E-state index contributed by atoms with van der Waals surface area (Å²) < 4.78 is 10.4. The Hall–Kier alpha value is -1.77. The summed E-state index contributed by atoms with van der Waals surface area (Å²) in [6.45, 7) is 4.26. The standard InChI is InChI=1S/C17H24O3/c1-5-6-13(2)11-15(18)9-7-14-8-10-16(19-3)17(12-14)20-4/h7-10,12-13H,5-6,11H2,1-4H3/b9-7+. The molecule has 0 heterocycles. The number of allylic oxidation sites excluding steroid dienone is 1. The molecule has 1 unspecified atom stereocenters. The van der Waals surface area contributed by atoms with Crippen LogP contribution in [0.15, 0.2) is 24.3 Å². The highest BCUT2D eigenvalue weighted by atomic mass is 16.5. The zero-order valence-corrected chi connectivity index (χ0v) is 12.8. The highest BCUT2D eigenvalue weighted by Crippen LogP contribution is 2.28. The van der Waals surface area contributed by atoms with Crippen molar-refractivity contribution in [3.8, 4) is 11.5 Å². The van der Waals surface area contributed by atoms with Gasteiger partial charge in [0.15, 0.2) is 17.3 Å². The van der Waals surface area contributed by atoms with Crippen molar-refractivity contribution in [3.05, 3.63) is 29.8 Å². The predicted molar refractivity (Wildman–Crippen MR) is 82.3 cm³/mol. The van der Waals surface area contributed by atoms with Gasteiger partial charge in [-0.2, -0.15) is 0 Å². The Labute approximate surface area is 121 Å². The summed E-state index contributed by atoms with van der Waals surface area (Å²) in [7, 11) is 3.20. The second kappa shape index (κ2) is 8.41. The summed E-state index contributed by atoms with van der Waals surface area (Å²) >= 11 is 0. The molecular formula is C17H24O3.